The van der Waals surface area contributed by atoms with Crippen LogP contribution in [0.15, 0.2) is 53.0 Å². The first kappa shape index (κ1) is 18.7. The number of halogens is 1. The molecule has 0 atom stereocenters. The van der Waals surface area contributed by atoms with E-state index in [9.17, 15) is 4.79 Å². The lowest BCUT2D eigenvalue weighted by Gasteiger charge is -2.09. The molecule has 2 aromatic heterocycles. The van der Waals surface area contributed by atoms with Gasteiger partial charge in [0, 0.05) is 27.4 Å². The SMILES string of the molecule is COc1ccc2nc3sc(C(=O)NCc4cc(Br)ccc4OC)cc3cc2c1. The Kier molecular flexibility index (Phi) is 5.19. The lowest BCUT2D eigenvalue weighted by molar-refractivity contribution is 0.0955. The second kappa shape index (κ2) is 7.77. The van der Waals surface area contributed by atoms with Crippen LogP contribution in [0.1, 0.15) is 15.2 Å². The highest BCUT2D eigenvalue weighted by molar-refractivity contribution is 9.10. The van der Waals surface area contributed by atoms with Crippen LogP contribution in [0.3, 0.4) is 0 Å². The highest BCUT2D eigenvalue weighted by atomic mass is 79.9. The van der Waals surface area contributed by atoms with Gasteiger partial charge in [-0.3, -0.25) is 4.79 Å². The maximum Gasteiger partial charge on any atom is 0.261 e. The molecule has 0 bridgehead atoms. The maximum atomic E-state index is 12.7. The van der Waals surface area contributed by atoms with Crippen LogP contribution < -0.4 is 14.8 Å². The van der Waals surface area contributed by atoms with Crippen LogP contribution in [0, 0.1) is 0 Å². The van der Waals surface area contributed by atoms with Gasteiger partial charge in [0.15, 0.2) is 0 Å². The summed E-state index contributed by atoms with van der Waals surface area (Å²) in [5.41, 5.74) is 1.78. The van der Waals surface area contributed by atoms with E-state index in [1.165, 1.54) is 11.3 Å². The molecule has 0 saturated carbocycles. The van der Waals surface area contributed by atoms with Crippen molar-refractivity contribution in [2.24, 2.45) is 0 Å². The number of methoxy groups -OCH3 is 2. The molecule has 0 saturated heterocycles. The summed E-state index contributed by atoms with van der Waals surface area (Å²) in [7, 11) is 3.26. The van der Waals surface area contributed by atoms with E-state index in [0.29, 0.717) is 11.4 Å². The van der Waals surface area contributed by atoms with Gasteiger partial charge >= 0.3 is 0 Å². The number of pyridine rings is 1. The third-order valence-electron chi connectivity index (χ3n) is 4.41. The molecule has 0 radical (unpaired) electrons. The summed E-state index contributed by atoms with van der Waals surface area (Å²) in [6.45, 7) is 0.377. The number of amides is 1. The van der Waals surface area contributed by atoms with Gasteiger partial charge in [0.2, 0.25) is 0 Å². The number of nitrogens with one attached hydrogen (secondary N) is 1. The van der Waals surface area contributed by atoms with Gasteiger partial charge in [-0.15, -0.1) is 11.3 Å². The number of hydrogen-bond donors (Lipinski definition) is 1. The molecule has 4 aromatic rings. The van der Waals surface area contributed by atoms with Gasteiger partial charge in [0.05, 0.1) is 24.6 Å². The zero-order valence-electron chi connectivity index (χ0n) is 15.3. The van der Waals surface area contributed by atoms with Gasteiger partial charge in [-0.25, -0.2) is 4.98 Å². The lowest BCUT2D eigenvalue weighted by Crippen LogP contribution is -2.22. The average molecular weight is 457 g/mol. The van der Waals surface area contributed by atoms with Crippen molar-refractivity contribution in [2.75, 3.05) is 14.2 Å². The van der Waals surface area contributed by atoms with Crippen molar-refractivity contribution in [3.05, 3.63) is 63.4 Å². The van der Waals surface area contributed by atoms with Crippen molar-refractivity contribution in [3.8, 4) is 11.5 Å². The number of nitrogens with zero attached hydrogens (tertiary/aromatic N) is 1. The first-order chi connectivity index (χ1) is 13.6. The molecule has 0 aliphatic carbocycles. The van der Waals surface area contributed by atoms with Gasteiger partial charge in [-0.2, -0.15) is 0 Å². The minimum absolute atomic E-state index is 0.133. The minimum Gasteiger partial charge on any atom is -0.497 e. The summed E-state index contributed by atoms with van der Waals surface area (Å²) in [4.78, 5) is 18.8. The predicted molar refractivity (Wildman–Crippen MR) is 116 cm³/mol. The largest absolute Gasteiger partial charge is 0.497 e. The van der Waals surface area contributed by atoms with Crippen molar-refractivity contribution < 1.29 is 14.3 Å². The summed E-state index contributed by atoms with van der Waals surface area (Å²) in [5.74, 6) is 1.39. The third-order valence-corrected chi connectivity index (χ3v) is 5.95. The Hall–Kier alpha value is -2.64. The second-order valence-corrected chi connectivity index (χ2v) is 8.14. The van der Waals surface area contributed by atoms with E-state index < -0.39 is 0 Å². The Balaban J connectivity index is 1.59. The van der Waals surface area contributed by atoms with Crippen LogP contribution >= 0.6 is 27.3 Å². The fourth-order valence-electron chi connectivity index (χ4n) is 3.00. The number of carbonyl (C=O) groups excluding carboxylic acids is 1. The van der Waals surface area contributed by atoms with Crippen LogP contribution in [0.2, 0.25) is 0 Å². The van der Waals surface area contributed by atoms with Crippen molar-refractivity contribution in [2.45, 2.75) is 6.54 Å². The standard InChI is InChI=1S/C21H17BrN2O3S/c1-26-16-4-5-17-12(9-16)7-13-10-19(28-21(13)24-17)20(25)23-11-14-8-15(22)3-6-18(14)27-2/h3-10H,11H2,1-2H3,(H,23,25). The second-order valence-electron chi connectivity index (χ2n) is 6.19. The number of hydrogen-bond acceptors (Lipinski definition) is 5. The zero-order chi connectivity index (χ0) is 19.7. The molecular weight excluding hydrogens is 440 g/mol. The topological polar surface area (TPSA) is 60.5 Å². The summed E-state index contributed by atoms with van der Waals surface area (Å²) in [6, 6.07) is 15.4. The quantitative estimate of drug-likeness (QED) is 0.450. The monoisotopic (exact) mass is 456 g/mol. The predicted octanol–water partition coefficient (Wildman–Crippen LogP) is 5.16. The molecule has 2 aromatic carbocycles. The summed E-state index contributed by atoms with van der Waals surface area (Å²) in [5, 5.41) is 4.88. The van der Waals surface area contributed by atoms with E-state index >= 15 is 0 Å². The molecule has 4 rings (SSSR count). The van der Waals surface area contributed by atoms with E-state index in [4.69, 9.17) is 9.47 Å². The van der Waals surface area contributed by atoms with Gasteiger partial charge in [0.25, 0.3) is 5.91 Å². The fourth-order valence-corrected chi connectivity index (χ4v) is 4.35. The molecule has 2 heterocycles. The van der Waals surface area contributed by atoms with Crippen LogP contribution in [0.5, 0.6) is 11.5 Å². The van der Waals surface area contributed by atoms with E-state index in [0.717, 1.165) is 42.7 Å². The van der Waals surface area contributed by atoms with E-state index in [1.54, 1.807) is 14.2 Å². The molecule has 1 N–H and O–H groups in total. The van der Waals surface area contributed by atoms with E-state index in [-0.39, 0.29) is 5.91 Å². The fraction of sp³-hybridized carbons (Fsp3) is 0.143. The number of benzene rings is 2. The molecule has 28 heavy (non-hydrogen) atoms. The molecule has 0 aliphatic rings. The van der Waals surface area contributed by atoms with Crippen molar-refractivity contribution >= 4 is 54.3 Å². The van der Waals surface area contributed by atoms with Gasteiger partial charge in [-0.05, 0) is 48.5 Å². The molecular formula is C21H17BrN2O3S. The molecule has 1 amide bonds. The molecule has 142 valence electrons. The van der Waals surface area contributed by atoms with E-state index in [1.807, 2.05) is 48.5 Å². The van der Waals surface area contributed by atoms with Crippen molar-refractivity contribution in [1.82, 2.24) is 10.3 Å². The summed E-state index contributed by atoms with van der Waals surface area (Å²) >= 11 is 4.83. The number of ether oxygens (including phenoxy) is 2. The Morgan fingerprint density at radius 2 is 1.93 bits per heavy atom. The number of thiophene rings is 1. The molecule has 0 aliphatic heterocycles. The van der Waals surface area contributed by atoms with Crippen LogP contribution in [0.25, 0.3) is 21.1 Å². The smallest absolute Gasteiger partial charge is 0.261 e. The van der Waals surface area contributed by atoms with Crippen LogP contribution in [0.4, 0.5) is 0 Å². The highest BCUT2D eigenvalue weighted by Gasteiger charge is 2.13. The number of fused-ring (bicyclic) bond motifs is 2. The molecule has 0 fully saturated rings. The number of aromatic nitrogens is 1. The highest BCUT2D eigenvalue weighted by Crippen LogP contribution is 2.29. The van der Waals surface area contributed by atoms with Gasteiger partial charge < -0.3 is 14.8 Å². The van der Waals surface area contributed by atoms with E-state index in [2.05, 4.69) is 26.2 Å². The van der Waals surface area contributed by atoms with Gasteiger partial charge in [-0.1, -0.05) is 15.9 Å². The number of carbonyl (C=O) groups is 1. The molecule has 0 spiro atoms. The Bertz CT molecular complexity index is 1190. The van der Waals surface area contributed by atoms with Crippen molar-refractivity contribution in [1.29, 1.82) is 0 Å². The molecule has 0 unspecified atom stereocenters. The Morgan fingerprint density at radius 1 is 1.07 bits per heavy atom. The zero-order valence-corrected chi connectivity index (χ0v) is 17.7. The molecule has 5 nitrogen and oxygen atoms in total. The van der Waals surface area contributed by atoms with Gasteiger partial charge in [0.1, 0.15) is 16.3 Å². The maximum absolute atomic E-state index is 12.7. The van der Waals surface area contributed by atoms with Crippen LogP contribution in [-0.4, -0.2) is 25.1 Å². The Labute approximate surface area is 174 Å². The first-order valence-corrected chi connectivity index (χ1v) is 10.2. The first-order valence-electron chi connectivity index (χ1n) is 8.56. The summed E-state index contributed by atoms with van der Waals surface area (Å²) < 4.78 is 11.6. The molecule has 7 heteroatoms. The average Bonchev–Trinajstić information content (AvgIpc) is 3.12. The van der Waals surface area contributed by atoms with Crippen molar-refractivity contribution in [3.63, 3.8) is 0 Å². The minimum atomic E-state index is -0.133. The number of rotatable bonds is 5. The normalized spacial score (nSPS) is 11.0. The third kappa shape index (κ3) is 3.68. The Morgan fingerprint density at radius 3 is 2.71 bits per heavy atom. The lowest BCUT2D eigenvalue weighted by atomic mass is 10.2. The summed E-state index contributed by atoms with van der Waals surface area (Å²) in [6.07, 6.45) is 0. The van der Waals surface area contributed by atoms with Crippen LogP contribution in [-0.2, 0) is 6.54 Å².